The van der Waals surface area contributed by atoms with E-state index in [-0.39, 0.29) is 0 Å². The van der Waals surface area contributed by atoms with Crippen molar-refractivity contribution in [3.8, 4) is 0 Å². The van der Waals surface area contributed by atoms with Crippen LogP contribution in [0.25, 0.3) is 0 Å². The maximum absolute atomic E-state index is 6.27. The van der Waals surface area contributed by atoms with E-state index in [2.05, 4.69) is 11.5 Å². The second-order valence-corrected chi connectivity index (χ2v) is 5.42. The van der Waals surface area contributed by atoms with Crippen molar-refractivity contribution in [1.29, 1.82) is 0 Å². The monoisotopic (exact) mass is 219 g/mol. The van der Waals surface area contributed by atoms with Gasteiger partial charge in [0.25, 0.3) is 0 Å². The lowest BCUT2D eigenvalue weighted by molar-refractivity contribution is 0.467. The number of hydrogen-bond acceptors (Lipinski definition) is 2. The molecule has 88 valence electrons. The van der Waals surface area contributed by atoms with Gasteiger partial charge in [0.2, 0.25) is 0 Å². The SMILES string of the molecule is CC1CCCn2c1nc(C1CCCC1)c2N. The molecule has 1 atom stereocenters. The summed E-state index contributed by atoms with van der Waals surface area (Å²) < 4.78 is 2.27. The highest BCUT2D eigenvalue weighted by atomic mass is 15.2. The zero-order valence-electron chi connectivity index (χ0n) is 10.1. The van der Waals surface area contributed by atoms with E-state index in [1.165, 1.54) is 50.0 Å². The van der Waals surface area contributed by atoms with Crippen molar-refractivity contribution >= 4 is 5.82 Å². The molecule has 1 fully saturated rings. The van der Waals surface area contributed by atoms with E-state index in [0.717, 1.165) is 12.4 Å². The Hall–Kier alpha value is -0.990. The van der Waals surface area contributed by atoms with Gasteiger partial charge in [-0.15, -0.1) is 0 Å². The van der Waals surface area contributed by atoms with Crippen LogP contribution < -0.4 is 5.73 Å². The third kappa shape index (κ3) is 1.45. The van der Waals surface area contributed by atoms with Crippen LogP contribution in [0.1, 0.15) is 68.8 Å². The fourth-order valence-corrected chi connectivity index (χ4v) is 3.30. The lowest BCUT2D eigenvalue weighted by Crippen LogP contribution is -2.15. The minimum absolute atomic E-state index is 0.589. The van der Waals surface area contributed by atoms with Crippen molar-refractivity contribution < 1.29 is 0 Å². The van der Waals surface area contributed by atoms with Crippen molar-refractivity contribution in [3.05, 3.63) is 11.5 Å². The Bertz CT molecular complexity index is 388. The quantitative estimate of drug-likeness (QED) is 0.789. The zero-order valence-corrected chi connectivity index (χ0v) is 10.1. The predicted octanol–water partition coefficient (Wildman–Crippen LogP) is 3.02. The molecule has 0 aromatic carbocycles. The topological polar surface area (TPSA) is 43.8 Å². The summed E-state index contributed by atoms with van der Waals surface area (Å²) in [6.45, 7) is 3.35. The molecule has 3 rings (SSSR count). The lowest BCUT2D eigenvalue weighted by Gasteiger charge is -2.20. The van der Waals surface area contributed by atoms with Crippen LogP contribution in [0.5, 0.6) is 0 Å². The van der Waals surface area contributed by atoms with Crippen LogP contribution in [-0.2, 0) is 6.54 Å². The fourth-order valence-electron chi connectivity index (χ4n) is 3.30. The van der Waals surface area contributed by atoms with Gasteiger partial charge < -0.3 is 10.3 Å². The molecule has 0 amide bonds. The normalized spacial score (nSPS) is 25.9. The van der Waals surface area contributed by atoms with Gasteiger partial charge in [-0.3, -0.25) is 0 Å². The van der Waals surface area contributed by atoms with Gasteiger partial charge in [-0.05, 0) is 25.7 Å². The number of imidazole rings is 1. The second kappa shape index (κ2) is 3.79. The molecule has 2 heterocycles. The number of nitrogens with two attached hydrogens (primary N) is 1. The highest BCUT2D eigenvalue weighted by molar-refractivity contribution is 5.42. The number of aromatic nitrogens is 2. The van der Waals surface area contributed by atoms with E-state index >= 15 is 0 Å². The third-order valence-corrected chi connectivity index (χ3v) is 4.27. The molecule has 16 heavy (non-hydrogen) atoms. The standard InChI is InChI=1S/C13H21N3/c1-9-5-4-8-16-12(14)11(15-13(9)16)10-6-2-3-7-10/h9-10H,2-8,14H2,1H3. The highest BCUT2D eigenvalue weighted by Crippen LogP contribution is 2.39. The number of rotatable bonds is 1. The molecule has 0 spiro atoms. The molecule has 0 saturated heterocycles. The summed E-state index contributed by atoms with van der Waals surface area (Å²) in [5, 5.41) is 0. The van der Waals surface area contributed by atoms with E-state index in [1.807, 2.05) is 0 Å². The van der Waals surface area contributed by atoms with Crippen LogP contribution in [0.4, 0.5) is 5.82 Å². The van der Waals surface area contributed by atoms with Crippen LogP contribution in [0, 0.1) is 0 Å². The lowest BCUT2D eigenvalue weighted by atomic mass is 10.0. The van der Waals surface area contributed by atoms with E-state index < -0.39 is 0 Å². The smallest absolute Gasteiger partial charge is 0.127 e. The summed E-state index contributed by atoms with van der Waals surface area (Å²) in [4.78, 5) is 4.85. The molecule has 1 aliphatic heterocycles. The molecule has 1 aliphatic carbocycles. The first kappa shape index (κ1) is 10.2. The molecular weight excluding hydrogens is 198 g/mol. The maximum Gasteiger partial charge on any atom is 0.127 e. The van der Waals surface area contributed by atoms with E-state index in [9.17, 15) is 0 Å². The molecule has 2 aliphatic rings. The van der Waals surface area contributed by atoms with Crippen LogP contribution in [0.2, 0.25) is 0 Å². The predicted molar refractivity (Wildman–Crippen MR) is 65.5 cm³/mol. The van der Waals surface area contributed by atoms with Crippen LogP contribution in [-0.4, -0.2) is 9.55 Å². The first-order valence-corrected chi connectivity index (χ1v) is 6.63. The van der Waals surface area contributed by atoms with Crippen molar-refractivity contribution in [3.63, 3.8) is 0 Å². The molecule has 2 N–H and O–H groups in total. The summed E-state index contributed by atoms with van der Waals surface area (Å²) in [5.41, 5.74) is 7.48. The second-order valence-electron chi connectivity index (χ2n) is 5.42. The minimum atomic E-state index is 0.589. The molecule has 1 aromatic heterocycles. The number of nitrogen functional groups attached to an aromatic ring is 1. The summed E-state index contributed by atoms with van der Waals surface area (Å²) in [6, 6.07) is 0. The number of anilines is 1. The van der Waals surface area contributed by atoms with E-state index in [4.69, 9.17) is 10.7 Å². The minimum Gasteiger partial charge on any atom is -0.384 e. The number of hydrogen-bond donors (Lipinski definition) is 1. The summed E-state index contributed by atoms with van der Waals surface area (Å²) in [7, 11) is 0. The number of nitrogens with zero attached hydrogens (tertiary/aromatic N) is 2. The van der Waals surface area contributed by atoms with Crippen molar-refractivity contribution in [2.24, 2.45) is 0 Å². The summed E-state index contributed by atoms with van der Waals surface area (Å²) >= 11 is 0. The van der Waals surface area contributed by atoms with Gasteiger partial charge in [-0.25, -0.2) is 4.98 Å². The van der Waals surface area contributed by atoms with Gasteiger partial charge in [0, 0.05) is 18.4 Å². The van der Waals surface area contributed by atoms with Gasteiger partial charge in [-0.1, -0.05) is 19.8 Å². The van der Waals surface area contributed by atoms with E-state index in [0.29, 0.717) is 11.8 Å². The van der Waals surface area contributed by atoms with Crippen LogP contribution in [0.15, 0.2) is 0 Å². The van der Waals surface area contributed by atoms with Gasteiger partial charge in [0.05, 0.1) is 5.69 Å². The Morgan fingerprint density at radius 1 is 1.19 bits per heavy atom. The fraction of sp³-hybridized carbons (Fsp3) is 0.769. The first-order valence-electron chi connectivity index (χ1n) is 6.63. The molecule has 1 unspecified atom stereocenters. The zero-order chi connectivity index (χ0) is 11.1. The Morgan fingerprint density at radius 2 is 1.94 bits per heavy atom. The molecule has 3 heteroatoms. The molecule has 1 saturated carbocycles. The maximum atomic E-state index is 6.27. The Morgan fingerprint density at radius 3 is 2.62 bits per heavy atom. The van der Waals surface area contributed by atoms with Gasteiger partial charge in [0.1, 0.15) is 11.6 Å². The van der Waals surface area contributed by atoms with Crippen molar-refractivity contribution in [2.45, 2.75) is 63.8 Å². The van der Waals surface area contributed by atoms with E-state index in [1.54, 1.807) is 0 Å². The largest absolute Gasteiger partial charge is 0.384 e. The molecule has 0 bridgehead atoms. The highest BCUT2D eigenvalue weighted by Gasteiger charge is 2.28. The van der Waals surface area contributed by atoms with Gasteiger partial charge in [0.15, 0.2) is 0 Å². The third-order valence-electron chi connectivity index (χ3n) is 4.27. The molecule has 3 nitrogen and oxygen atoms in total. The summed E-state index contributed by atoms with van der Waals surface area (Å²) in [5.74, 6) is 3.44. The van der Waals surface area contributed by atoms with Crippen molar-refractivity contribution in [1.82, 2.24) is 9.55 Å². The molecule has 0 radical (unpaired) electrons. The Balaban J connectivity index is 2.00. The van der Waals surface area contributed by atoms with Crippen molar-refractivity contribution in [2.75, 3.05) is 5.73 Å². The number of fused-ring (bicyclic) bond motifs is 1. The van der Waals surface area contributed by atoms with Gasteiger partial charge in [-0.2, -0.15) is 0 Å². The Labute approximate surface area is 97.0 Å². The average molecular weight is 219 g/mol. The van der Waals surface area contributed by atoms with Gasteiger partial charge >= 0.3 is 0 Å². The molecular formula is C13H21N3. The average Bonchev–Trinajstić information content (AvgIpc) is 2.88. The van der Waals surface area contributed by atoms with Crippen LogP contribution >= 0.6 is 0 Å². The Kier molecular flexibility index (Phi) is 2.41. The van der Waals surface area contributed by atoms with Crippen LogP contribution in [0.3, 0.4) is 0 Å². The summed E-state index contributed by atoms with van der Waals surface area (Å²) in [6.07, 6.45) is 7.78. The molecule has 1 aromatic rings. The first-order chi connectivity index (χ1) is 7.77.